The minimum Gasteiger partial charge on any atom is -0.477 e. The molecule has 1 N–H and O–H groups in total. The minimum absolute atomic E-state index is 0.306. The molecule has 140 valence electrons. The van der Waals surface area contributed by atoms with E-state index in [4.69, 9.17) is 14.8 Å². The lowest BCUT2D eigenvalue weighted by molar-refractivity contribution is -0.132. The molecule has 0 amide bonds. The first-order chi connectivity index (χ1) is 13.6. The third-order valence-corrected chi connectivity index (χ3v) is 5.08. The van der Waals surface area contributed by atoms with Gasteiger partial charge in [0, 0.05) is 29.7 Å². The van der Waals surface area contributed by atoms with E-state index in [9.17, 15) is 4.79 Å². The third kappa shape index (κ3) is 3.63. The number of hydrogen-bond acceptors (Lipinski definition) is 4. The number of carboxylic acid groups (broad SMARTS) is 1. The minimum atomic E-state index is -1.24. The molecule has 28 heavy (non-hydrogen) atoms. The van der Waals surface area contributed by atoms with E-state index in [-0.39, 0.29) is 5.57 Å². The molecule has 0 atom stereocenters. The molecule has 1 fully saturated rings. The molecule has 2 aromatic carbocycles. The maximum Gasteiger partial charge on any atom is 0.346 e. The molecule has 5 nitrogen and oxygen atoms in total. The standard InChI is InChI=1S/C23H20N2O3/c24-15-19(23(26)27)12-16-4-5-18-14-22(28-21(18)13-16)17-6-8-20(9-7-17)25-10-2-1-3-11-25/h4-9,12-14H,1-3,10-11H2,(H,26,27). The van der Waals surface area contributed by atoms with Crippen LogP contribution in [0.4, 0.5) is 5.69 Å². The molecule has 0 radical (unpaired) electrons. The molecular weight excluding hydrogens is 352 g/mol. The summed E-state index contributed by atoms with van der Waals surface area (Å²) in [6, 6.07) is 17.5. The van der Waals surface area contributed by atoms with E-state index in [1.54, 1.807) is 18.2 Å². The summed E-state index contributed by atoms with van der Waals surface area (Å²) in [7, 11) is 0. The van der Waals surface area contributed by atoms with Crippen LogP contribution in [-0.2, 0) is 4.79 Å². The molecule has 0 unspecified atom stereocenters. The summed E-state index contributed by atoms with van der Waals surface area (Å²) in [6.45, 7) is 2.22. The Morgan fingerprint density at radius 3 is 2.50 bits per heavy atom. The number of carboxylic acids is 1. The van der Waals surface area contributed by atoms with Gasteiger partial charge in [-0.2, -0.15) is 5.26 Å². The average molecular weight is 372 g/mol. The van der Waals surface area contributed by atoms with Crippen molar-refractivity contribution in [2.75, 3.05) is 18.0 Å². The van der Waals surface area contributed by atoms with Crippen LogP contribution in [0, 0.1) is 11.3 Å². The fraction of sp³-hybridized carbons (Fsp3) is 0.217. The number of rotatable bonds is 4. The molecule has 4 rings (SSSR count). The number of fused-ring (bicyclic) bond motifs is 1. The summed E-state index contributed by atoms with van der Waals surface area (Å²) in [4.78, 5) is 13.4. The highest BCUT2D eigenvalue weighted by Gasteiger charge is 2.12. The van der Waals surface area contributed by atoms with E-state index < -0.39 is 5.97 Å². The Labute approximate surface area is 163 Å². The maximum atomic E-state index is 11.0. The number of anilines is 1. The highest BCUT2D eigenvalue weighted by Crippen LogP contribution is 2.30. The Hall–Kier alpha value is -3.52. The smallest absolute Gasteiger partial charge is 0.346 e. The van der Waals surface area contributed by atoms with Gasteiger partial charge in [0.1, 0.15) is 23.0 Å². The molecule has 1 aliphatic rings. The fourth-order valence-corrected chi connectivity index (χ4v) is 3.58. The number of nitrogens with zero attached hydrogens (tertiary/aromatic N) is 2. The van der Waals surface area contributed by atoms with Crippen molar-refractivity contribution in [3.05, 3.63) is 59.7 Å². The summed E-state index contributed by atoms with van der Waals surface area (Å²) < 4.78 is 5.98. The van der Waals surface area contributed by atoms with Crippen LogP contribution in [0.25, 0.3) is 28.4 Å². The van der Waals surface area contributed by atoms with Gasteiger partial charge in [0.25, 0.3) is 0 Å². The van der Waals surface area contributed by atoms with Crippen LogP contribution in [-0.4, -0.2) is 24.2 Å². The number of furan rings is 1. The number of piperidine rings is 1. The molecule has 3 aromatic rings. The highest BCUT2D eigenvalue weighted by molar-refractivity contribution is 5.97. The lowest BCUT2D eigenvalue weighted by Gasteiger charge is -2.28. The van der Waals surface area contributed by atoms with Crippen LogP contribution in [0.15, 0.2) is 58.5 Å². The number of benzene rings is 2. The van der Waals surface area contributed by atoms with Gasteiger partial charge in [-0.25, -0.2) is 4.79 Å². The Kier molecular flexibility index (Phi) is 4.86. The van der Waals surface area contributed by atoms with E-state index in [2.05, 4.69) is 29.2 Å². The van der Waals surface area contributed by atoms with Gasteiger partial charge < -0.3 is 14.4 Å². The van der Waals surface area contributed by atoms with E-state index in [0.29, 0.717) is 11.1 Å². The predicted molar refractivity (Wildman–Crippen MR) is 109 cm³/mol. The van der Waals surface area contributed by atoms with Gasteiger partial charge in [0.15, 0.2) is 0 Å². The Morgan fingerprint density at radius 2 is 1.82 bits per heavy atom. The van der Waals surface area contributed by atoms with E-state index in [1.165, 1.54) is 31.0 Å². The van der Waals surface area contributed by atoms with E-state index >= 15 is 0 Å². The topological polar surface area (TPSA) is 77.5 Å². The van der Waals surface area contributed by atoms with Gasteiger partial charge >= 0.3 is 5.97 Å². The lowest BCUT2D eigenvalue weighted by Crippen LogP contribution is -2.29. The lowest BCUT2D eigenvalue weighted by atomic mass is 10.1. The normalized spacial score (nSPS) is 14.8. The van der Waals surface area contributed by atoms with Crippen molar-refractivity contribution in [2.45, 2.75) is 19.3 Å². The van der Waals surface area contributed by atoms with Crippen molar-refractivity contribution in [1.82, 2.24) is 0 Å². The highest BCUT2D eigenvalue weighted by atomic mass is 16.4. The Bertz CT molecular complexity index is 1080. The summed E-state index contributed by atoms with van der Waals surface area (Å²) in [5.74, 6) is -0.475. The maximum absolute atomic E-state index is 11.0. The molecule has 1 aromatic heterocycles. The van der Waals surface area contributed by atoms with Crippen molar-refractivity contribution in [2.24, 2.45) is 0 Å². The Morgan fingerprint density at radius 1 is 1.07 bits per heavy atom. The Balaban J connectivity index is 1.61. The predicted octanol–water partition coefficient (Wildman–Crippen LogP) is 5.08. The molecule has 2 heterocycles. The second kappa shape index (κ2) is 7.61. The number of aliphatic carboxylic acids is 1. The molecule has 0 saturated carbocycles. The first-order valence-corrected chi connectivity index (χ1v) is 9.38. The first kappa shape index (κ1) is 17.9. The monoisotopic (exact) mass is 372 g/mol. The van der Waals surface area contributed by atoms with Crippen LogP contribution >= 0.6 is 0 Å². The second-order valence-electron chi connectivity index (χ2n) is 6.98. The zero-order chi connectivity index (χ0) is 19.5. The SMILES string of the molecule is N#CC(=Cc1ccc2cc(-c3ccc(N4CCCCC4)cc3)oc2c1)C(=O)O. The van der Waals surface area contributed by atoms with Gasteiger partial charge in [-0.05, 0) is 67.3 Å². The number of hydrogen-bond donors (Lipinski definition) is 1. The fourth-order valence-electron chi connectivity index (χ4n) is 3.58. The molecule has 0 aliphatic carbocycles. The summed E-state index contributed by atoms with van der Waals surface area (Å²) in [5.41, 5.74) is 3.21. The zero-order valence-corrected chi connectivity index (χ0v) is 15.4. The van der Waals surface area contributed by atoms with Crippen LogP contribution in [0.5, 0.6) is 0 Å². The van der Waals surface area contributed by atoms with Gasteiger partial charge in [-0.15, -0.1) is 0 Å². The molecule has 0 spiro atoms. The van der Waals surface area contributed by atoms with Crippen LogP contribution < -0.4 is 4.90 Å². The van der Waals surface area contributed by atoms with Crippen molar-refractivity contribution < 1.29 is 14.3 Å². The van der Waals surface area contributed by atoms with Gasteiger partial charge in [0.05, 0.1) is 0 Å². The molecule has 5 heteroatoms. The second-order valence-corrected chi connectivity index (χ2v) is 6.98. The molecule has 0 bridgehead atoms. The number of carbonyl (C=O) groups is 1. The molecule has 1 saturated heterocycles. The van der Waals surface area contributed by atoms with Crippen LogP contribution in [0.3, 0.4) is 0 Å². The third-order valence-electron chi connectivity index (χ3n) is 5.08. The van der Waals surface area contributed by atoms with Crippen molar-refractivity contribution in [3.8, 4) is 17.4 Å². The van der Waals surface area contributed by atoms with E-state index in [1.807, 2.05) is 12.1 Å². The first-order valence-electron chi connectivity index (χ1n) is 9.38. The summed E-state index contributed by atoms with van der Waals surface area (Å²) >= 11 is 0. The van der Waals surface area contributed by atoms with Crippen LogP contribution in [0.1, 0.15) is 24.8 Å². The summed E-state index contributed by atoms with van der Waals surface area (Å²) in [6.07, 6.45) is 5.15. The van der Waals surface area contributed by atoms with Gasteiger partial charge in [0.2, 0.25) is 0 Å². The van der Waals surface area contributed by atoms with Gasteiger partial charge in [-0.1, -0.05) is 12.1 Å². The van der Waals surface area contributed by atoms with Crippen molar-refractivity contribution in [1.29, 1.82) is 5.26 Å². The zero-order valence-electron chi connectivity index (χ0n) is 15.4. The van der Waals surface area contributed by atoms with Crippen molar-refractivity contribution in [3.63, 3.8) is 0 Å². The van der Waals surface area contributed by atoms with Crippen molar-refractivity contribution >= 4 is 28.7 Å². The van der Waals surface area contributed by atoms with Gasteiger partial charge in [-0.3, -0.25) is 0 Å². The number of nitriles is 1. The average Bonchev–Trinajstić information content (AvgIpc) is 3.16. The quantitative estimate of drug-likeness (QED) is 0.510. The van der Waals surface area contributed by atoms with E-state index in [0.717, 1.165) is 29.8 Å². The van der Waals surface area contributed by atoms with Crippen LogP contribution in [0.2, 0.25) is 0 Å². The largest absolute Gasteiger partial charge is 0.477 e. The summed E-state index contributed by atoms with van der Waals surface area (Å²) in [5, 5.41) is 18.8. The molecular formula is C23H20N2O3. The molecule has 1 aliphatic heterocycles.